The maximum absolute atomic E-state index is 5.74. The summed E-state index contributed by atoms with van der Waals surface area (Å²) in [5.74, 6) is 0. The first-order chi connectivity index (χ1) is 5.83. The van der Waals surface area contributed by atoms with Crippen molar-refractivity contribution in [3.63, 3.8) is 0 Å². The molecule has 0 amide bonds. The fraction of sp³-hybridized carbons (Fsp3) is 0.375. The number of pyridine rings is 1. The van der Waals surface area contributed by atoms with Crippen molar-refractivity contribution in [2.45, 2.75) is 6.54 Å². The van der Waals surface area contributed by atoms with Gasteiger partial charge in [0.25, 0.3) is 0 Å². The number of hydrogen-bond acceptors (Lipinski definition) is 3. The molecule has 0 aromatic carbocycles. The van der Waals surface area contributed by atoms with Crippen molar-refractivity contribution in [3.8, 4) is 0 Å². The van der Waals surface area contributed by atoms with E-state index in [2.05, 4.69) is 10.3 Å². The molecule has 4 heteroatoms. The lowest BCUT2D eigenvalue weighted by atomic mass is 10.3. The van der Waals surface area contributed by atoms with E-state index in [1.54, 1.807) is 12.4 Å². The number of aromatic nitrogens is 1. The Morgan fingerprint density at radius 1 is 1.50 bits per heavy atom. The van der Waals surface area contributed by atoms with E-state index in [1.165, 1.54) is 0 Å². The SMILES string of the molecule is NCCNCc1cncc(Cl)c1. The molecule has 1 aromatic rings. The van der Waals surface area contributed by atoms with Gasteiger partial charge in [0.2, 0.25) is 0 Å². The highest BCUT2D eigenvalue weighted by Gasteiger charge is 1.93. The summed E-state index contributed by atoms with van der Waals surface area (Å²) in [5, 5.41) is 3.82. The van der Waals surface area contributed by atoms with Gasteiger partial charge in [0, 0.05) is 32.0 Å². The van der Waals surface area contributed by atoms with Gasteiger partial charge in [-0.15, -0.1) is 0 Å². The van der Waals surface area contributed by atoms with E-state index in [1.807, 2.05) is 6.07 Å². The van der Waals surface area contributed by atoms with Crippen LogP contribution >= 0.6 is 11.6 Å². The molecule has 1 rings (SSSR count). The summed E-state index contributed by atoms with van der Waals surface area (Å²) in [5.41, 5.74) is 6.40. The van der Waals surface area contributed by atoms with Crippen LogP contribution in [0.25, 0.3) is 0 Å². The van der Waals surface area contributed by atoms with Gasteiger partial charge < -0.3 is 11.1 Å². The van der Waals surface area contributed by atoms with Gasteiger partial charge in [-0.3, -0.25) is 4.98 Å². The molecule has 0 radical (unpaired) electrons. The lowest BCUT2D eigenvalue weighted by Crippen LogP contribution is -2.21. The molecule has 0 bridgehead atoms. The second-order valence-corrected chi connectivity index (χ2v) is 2.91. The highest BCUT2D eigenvalue weighted by Crippen LogP contribution is 2.07. The highest BCUT2D eigenvalue weighted by atomic mass is 35.5. The van der Waals surface area contributed by atoms with E-state index < -0.39 is 0 Å². The first-order valence-corrected chi connectivity index (χ1v) is 4.21. The Kier molecular flexibility index (Phi) is 4.00. The summed E-state index contributed by atoms with van der Waals surface area (Å²) < 4.78 is 0. The Bertz CT molecular complexity index is 239. The average molecular weight is 186 g/mol. The summed E-state index contributed by atoms with van der Waals surface area (Å²) in [6.45, 7) is 2.23. The van der Waals surface area contributed by atoms with Crippen molar-refractivity contribution in [2.24, 2.45) is 5.73 Å². The third-order valence-electron chi connectivity index (χ3n) is 1.41. The maximum Gasteiger partial charge on any atom is 0.0592 e. The van der Waals surface area contributed by atoms with Crippen LogP contribution in [0.15, 0.2) is 18.5 Å². The number of halogens is 1. The number of hydrogen-bond donors (Lipinski definition) is 2. The van der Waals surface area contributed by atoms with Crippen LogP contribution in [0.2, 0.25) is 5.02 Å². The number of nitrogens with one attached hydrogen (secondary N) is 1. The monoisotopic (exact) mass is 185 g/mol. The standard InChI is InChI=1S/C8H12ClN3/c9-8-3-7(5-12-6-8)4-11-2-1-10/h3,5-6,11H,1-2,4,10H2. The molecule has 1 heterocycles. The Morgan fingerprint density at radius 2 is 2.33 bits per heavy atom. The van der Waals surface area contributed by atoms with Crippen molar-refractivity contribution in [1.29, 1.82) is 0 Å². The molecular formula is C8H12ClN3. The smallest absolute Gasteiger partial charge is 0.0592 e. The van der Waals surface area contributed by atoms with Crippen molar-refractivity contribution < 1.29 is 0 Å². The predicted molar refractivity (Wildman–Crippen MR) is 50.0 cm³/mol. The minimum atomic E-state index is 0.647. The highest BCUT2D eigenvalue weighted by molar-refractivity contribution is 6.30. The first kappa shape index (κ1) is 9.45. The van der Waals surface area contributed by atoms with Crippen LogP contribution < -0.4 is 11.1 Å². The van der Waals surface area contributed by atoms with Gasteiger partial charge in [0.15, 0.2) is 0 Å². The second kappa shape index (κ2) is 5.09. The third-order valence-corrected chi connectivity index (χ3v) is 1.62. The van der Waals surface area contributed by atoms with Crippen LogP contribution in [-0.2, 0) is 6.54 Å². The van der Waals surface area contributed by atoms with Gasteiger partial charge in [-0.1, -0.05) is 11.6 Å². The molecule has 0 aliphatic heterocycles. The Balaban J connectivity index is 2.41. The van der Waals surface area contributed by atoms with Gasteiger partial charge in [-0.05, 0) is 11.6 Å². The van der Waals surface area contributed by atoms with Crippen molar-refractivity contribution in [2.75, 3.05) is 13.1 Å². The minimum Gasteiger partial charge on any atom is -0.329 e. The van der Waals surface area contributed by atoms with E-state index in [9.17, 15) is 0 Å². The van der Waals surface area contributed by atoms with Gasteiger partial charge >= 0.3 is 0 Å². The molecule has 0 atom stereocenters. The molecule has 0 unspecified atom stereocenters. The molecule has 12 heavy (non-hydrogen) atoms. The Hall–Kier alpha value is -0.640. The quantitative estimate of drug-likeness (QED) is 0.682. The summed E-state index contributed by atoms with van der Waals surface area (Å²) in [7, 11) is 0. The average Bonchev–Trinajstić information content (AvgIpc) is 2.05. The third kappa shape index (κ3) is 3.17. The van der Waals surface area contributed by atoms with Crippen LogP contribution in [0.5, 0.6) is 0 Å². The molecule has 0 saturated carbocycles. The minimum absolute atomic E-state index is 0.647. The number of nitrogens with two attached hydrogens (primary N) is 1. The molecule has 0 aliphatic rings. The van der Waals surface area contributed by atoms with E-state index in [0.717, 1.165) is 18.7 Å². The van der Waals surface area contributed by atoms with Crippen LogP contribution in [0, 0.1) is 0 Å². The zero-order valence-electron chi connectivity index (χ0n) is 6.76. The van der Waals surface area contributed by atoms with Gasteiger partial charge in [0.1, 0.15) is 0 Å². The van der Waals surface area contributed by atoms with E-state index in [-0.39, 0.29) is 0 Å². The zero-order valence-corrected chi connectivity index (χ0v) is 7.51. The lowest BCUT2D eigenvalue weighted by Gasteiger charge is -2.02. The summed E-state index contributed by atoms with van der Waals surface area (Å²) in [4.78, 5) is 3.96. The molecule has 0 aliphatic carbocycles. The topological polar surface area (TPSA) is 50.9 Å². The largest absolute Gasteiger partial charge is 0.329 e. The fourth-order valence-electron chi connectivity index (χ4n) is 0.887. The van der Waals surface area contributed by atoms with Crippen molar-refractivity contribution >= 4 is 11.6 Å². The molecule has 3 nitrogen and oxygen atoms in total. The normalized spacial score (nSPS) is 10.2. The summed E-state index contributed by atoms with van der Waals surface area (Å²) >= 11 is 5.74. The molecule has 3 N–H and O–H groups in total. The maximum atomic E-state index is 5.74. The fourth-order valence-corrected chi connectivity index (χ4v) is 1.08. The molecule has 0 saturated heterocycles. The predicted octanol–water partition coefficient (Wildman–Crippen LogP) is 0.783. The molecule has 0 spiro atoms. The van der Waals surface area contributed by atoms with E-state index in [4.69, 9.17) is 17.3 Å². The van der Waals surface area contributed by atoms with Crippen LogP contribution in [0.4, 0.5) is 0 Å². The number of nitrogens with zero attached hydrogens (tertiary/aromatic N) is 1. The first-order valence-electron chi connectivity index (χ1n) is 3.83. The van der Waals surface area contributed by atoms with Crippen molar-refractivity contribution in [1.82, 2.24) is 10.3 Å². The van der Waals surface area contributed by atoms with Gasteiger partial charge in [-0.2, -0.15) is 0 Å². The number of rotatable bonds is 4. The summed E-state index contributed by atoms with van der Waals surface area (Å²) in [6.07, 6.45) is 3.41. The molecule has 1 aromatic heterocycles. The van der Waals surface area contributed by atoms with Gasteiger partial charge in [-0.25, -0.2) is 0 Å². The van der Waals surface area contributed by atoms with Gasteiger partial charge in [0.05, 0.1) is 5.02 Å². The Morgan fingerprint density at radius 3 is 3.00 bits per heavy atom. The van der Waals surface area contributed by atoms with Crippen LogP contribution in [0.3, 0.4) is 0 Å². The van der Waals surface area contributed by atoms with Crippen LogP contribution in [-0.4, -0.2) is 18.1 Å². The summed E-state index contributed by atoms with van der Waals surface area (Å²) in [6, 6.07) is 1.89. The second-order valence-electron chi connectivity index (χ2n) is 2.48. The van der Waals surface area contributed by atoms with E-state index in [0.29, 0.717) is 11.6 Å². The molecular weight excluding hydrogens is 174 g/mol. The molecule has 66 valence electrons. The van der Waals surface area contributed by atoms with E-state index >= 15 is 0 Å². The zero-order chi connectivity index (χ0) is 8.81. The van der Waals surface area contributed by atoms with Crippen molar-refractivity contribution in [3.05, 3.63) is 29.0 Å². The molecule has 0 fully saturated rings. The van der Waals surface area contributed by atoms with Crippen LogP contribution in [0.1, 0.15) is 5.56 Å². The Labute approximate surface area is 76.9 Å². The lowest BCUT2D eigenvalue weighted by molar-refractivity contribution is 0.693.